The molecular formula is C24H24FN3O5S. The largest absolute Gasteiger partial charge is 0.459 e. The maximum Gasteiger partial charge on any atom is 0.287 e. The highest BCUT2D eigenvalue weighted by Crippen LogP contribution is 2.19. The minimum Gasteiger partial charge on any atom is -0.459 e. The third kappa shape index (κ3) is 5.35. The first-order chi connectivity index (χ1) is 16.3. The van der Waals surface area contributed by atoms with Crippen molar-refractivity contribution in [2.75, 3.05) is 26.2 Å². The van der Waals surface area contributed by atoms with Crippen LogP contribution in [0.25, 0.3) is 0 Å². The first-order valence-corrected chi connectivity index (χ1v) is 12.2. The van der Waals surface area contributed by atoms with Crippen molar-refractivity contribution in [1.29, 1.82) is 0 Å². The zero-order valence-electron chi connectivity index (χ0n) is 18.3. The molecular weight excluding hydrogens is 461 g/mol. The molecule has 1 aliphatic rings. The van der Waals surface area contributed by atoms with Gasteiger partial charge in [0, 0.05) is 32.6 Å². The molecule has 2 amide bonds. The van der Waals surface area contributed by atoms with Gasteiger partial charge < -0.3 is 14.6 Å². The van der Waals surface area contributed by atoms with Crippen molar-refractivity contribution in [3.63, 3.8) is 0 Å². The van der Waals surface area contributed by atoms with Crippen LogP contribution in [0.3, 0.4) is 0 Å². The Morgan fingerprint density at radius 2 is 1.71 bits per heavy atom. The summed E-state index contributed by atoms with van der Waals surface area (Å²) in [5.41, 5.74) is 0.868. The molecule has 0 spiro atoms. The van der Waals surface area contributed by atoms with E-state index >= 15 is 0 Å². The van der Waals surface area contributed by atoms with E-state index in [0.717, 1.165) is 11.6 Å². The number of furan rings is 1. The average molecular weight is 486 g/mol. The van der Waals surface area contributed by atoms with Crippen LogP contribution >= 0.6 is 0 Å². The number of hydrogen-bond acceptors (Lipinski definition) is 5. The van der Waals surface area contributed by atoms with E-state index in [4.69, 9.17) is 4.42 Å². The van der Waals surface area contributed by atoms with Crippen LogP contribution in [0, 0.1) is 5.82 Å². The van der Waals surface area contributed by atoms with Gasteiger partial charge in [0.1, 0.15) is 11.9 Å². The summed E-state index contributed by atoms with van der Waals surface area (Å²) in [7, 11) is -3.88. The minimum atomic E-state index is -3.88. The molecule has 1 saturated heterocycles. The van der Waals surface area contributed by atoms with Gasteiger partial charge in [-0.05, 0) is 35.9 Å². The summed E-state index contributed by atoms with van der Waals surface area (Å²) in [5.74, 6) is -1.36. The third-order valence-corrected chi connectivity index (χ3v) is 7.51. The highest BCUT2D eigenvalue weighted by molar-refractivity contribution is 7.89. The molecule has 178 valence electrons. The standard InChI is InChI=1S/C24H24FN3O5S/c25-19-8-4-9-20(17-19)34(31,32)28-13-11-27(12-14-28)24(30)21(16-18-6-2-1-3-7-18)26-23(29)22-10-5-15-33-22/h1-10,15,17,21H,11-14,16H2,(H,26,29)/t21-/m0/s1. The molecule has 4 rings (SSSR count). The molecule has 3 aromatic rings. The van der Waals surface area contributed by atoms with E-state index in [0.29, 0.717) is 0 Å². The number of halogens is 1. The van der Waals surface area contributed by atoms with Gasteiger partial charge in [0.2, 0.25) is 15.9 Å². The SMILES string of the molecule is O=C(N[C@@H](Cc1ccccc1)C(=O)N1CCN(S(=O)(=O)c2cccc(F)c2)CC1)c1ccco1. The Morgan fingerprint density at radius 3 is 2.35 bits per heavy atom. The summed E-state index contributed by atoms with van der Waals surface area (Å²) in [6.07, 6.45) is 1.65. The number of rotatable bonds is 7. The third-order valence-electron chi connectivity index (χ3n) is 5.62. The van der Waals surface area contributed by atoms with E-state index in [1.165, 1.54) is 39.7 Å². The molecule has 1 fully saturated rings. The lowest BCUT2D eigenvalue weighted by atomic mass is 10.0. The number of carbonyl (C=O) groups excluding carboxylic acids is 2. The molecule has 34 heavy (non-hydrogen) atoms. The van der Waals surface area contributed by atoms with Crippen molar-refractivity contribution in [2.45, 2.75) is 17.4 Å². The monoisotopic (exact) mass is 485 g/mol. The van der Waals surface area contributed by atoms with Gasteiger partial charge in [-0.3, -0.25) is 9.59 Å². The van der Waals surface area contributed by atoms with Crippen molar-refractivity contribution in [3.8, 4) is 0 Å². The van der Waals surface area contributed by atoms with E-state index in [-0.39, 0.29) is 49.2 Å². The minimum absolute atomic E-state index is 0.0643. The van der Waals surface area contributed by atoms with Gasteiger partial charge in [-0.15, -0.1) is 0 Å². The fourth-order valence-corrected chi connectivity index (χ4v) is 5.29. The Hall–Kier alpha value is -3.50. The van der Waals surface area contributed by atoms with Crippen molar-refractivity contribution in [1.82, 2.24) is 14.5 Å². The topological polar surface area (TPSA) is 99.9 Å². The highest BCUT2D eigenvalue weighted by atomic mass is 32.2. The lowest BCUT2D eigenvalue weighted by Gasteiger charge is -2.36. The summed E-state index contributed by atoms with van der Waals surface area (Å²) in [4.78, 5) is 27.3. The number of nitrogens with zero attached hydrogens (tertiary/aromatic N) is 2. The lowest BCUT2D eigenvalue weighted by molar-refractivity contribution is -0.134. The number of amides is 2. The molecule has 2 aromatic carbocycles. The van der Waals surface area contributed by atoms with Crippen LogP contribution in [0.4, 0.5) is 4.39 Å². The molecule has 0 unspecified atom stereocenters. The quantitative estimate of drug-likeness (QED) is 0.554. The predicted octanol–water partition coefficient (Wildman–Crippen LogP) is 2.29. The molecule has 2 heterocycles. The van der Waals surface area contributed by atoms with E-state index in [9.17, 15) is 22.4 Å². The zero-order chi connectivity index (χ0) is 24.1. The van der Waals surface area contributed by atoms with Crippen LogP contribution in [0.2, 0.25) is 0 Å². The number of carbonyl (C=O) groups is 2. The van der Waals surface area contributed by atoms with Gasteiger partial charge in [0.05, 0.1) is 11.2 Å². The molecule has 0 radical (unpaired) electrons. The predicted molar refractivity (Wildman–Crippen MR) is 122 cm³/mol. The molecule has 8 nitrogen and oxygen atoms in total. The van der Waals surface area contributed by atoms with E-state index in [1.807, 2.05) is 30.3 Å². The molecule has 1 aromatic heterocycles. The number of sulfonamides is 1. The molecule has 10 heteroatoms. The first-order valence-electron chi connectivity index (χ1n) is 10.8. The Bertz CT molecular complexity index is 1240. The van der Waals surface area contributed by atoms with E-state index < -0.39 is 27.8 Å². The van der Waals surface area contributed by atoms with Crippen LogP contribution in [0.1, 0.15) is 16.1 Å². The van der Waals surface area contributed by atoms with Crippen molar-refractivity contribution in [2.24, 2.45) is 0 Å². The van der Waals surface area contributed by atoms with Crippen LogP contribution in [0.15, 0.2) is 82.3 Å². The van der Waals surface area contributed by atoms with Gasteiger partial charge in [-0.1, -0.05) is 36.4 Å². The summed E-state index contributed by atoms with van der Waals surface area (Å²) in [6.45, 7) is 0.425. The smallest absolute Gasteiger partial charge is 0.287 e. The van der Waals surface area contributed by atoms with Gasteiger partial charge in [0.15, 0.2) is 5.76 Å². The zero-order valence-corrected chi connectivity index (χ0v) is 19.1. The second-order valence-corrected chi connectivity index (χ2v) is 9.82. The average Bonchev–Trinajstić information content (AvgIpc) is 3.39. The van der Waals surface area contributed by atoms with Crippen LogP contribution < -0.4 is 5.32 Å². The van der Waals surface area contributed by atoms with Crippen LogP contribution in [0.5, 0.6) is 0 Å². The molecule has 0 bridgehead atoms. The van der Waals surface area contributed by atoms with Gasteiger partial charge in [-0.25, -0.2) is 12.8 Å². The van der Waals surface area contributed by atoms with Crippen LogP contribution in [-0.4, -0.2) is 61.7 Å². The van der Waals surface area contributed by atoms with Crippen molar-refractivity contribution < 1.29 is 26.8 Å². The summed E-state index contributed by atoms with van der Waals surface area (Å²) in [5, 5.41) is 2.74. The Morgan fingerprint density at radius 1 is 0.971 bits per heavy atom. The van der Waals surface area contributed by atoms with E-state index in [2.05, 4.69) is 5.32 Å². The lowest BCUT2D eigenvalue weighted by Crippen LogP contribution is -2.56. The van der Waals surface area contributed by atoms with Gasteiger partial charge >= 0.3 is 0 Å². The molecule has 0 saturated carbocycles. The maximum atomic E-state index is 13.5. The molecule has 1 atom stereocenters. The van der Waals surface area contributed by atoms with E-state index in [1.54, 1.807) is 6.07 Å². The summed E-state index contributed by atoms with van der Waals surface area (Å²) in [6, 6.07) is 16.4. The fourth-order valence-electron chi connectivity index (χ4n) is 3.83. The maximum absolute atomic E-state index is 13.5. The Kier molecular flexibility index (Phi) is 7.09. The summed E-state index contributed by atoms with van der Waals surface area (Å²) < 4.78 is 45.6. The van der Waals surface area contributed by atoms with Crippen molar-refractivity contribution >= 4 is 21.8 Å². The number of nitrogens with one attached hydrogen (secondary N) is 1. The Balaban J connectivity index is 1.46. The second kappa shape index (κ2) is 10.2. The normalized spacial score (nSPS) is 15.6. The molecule has 0 aliphatic carbocycles. The molecule has 1 N–H and O–H groups in total. The number of benzene rings is 2. The number of hydrogen-bond donors (Lipinski definition) is 1. The highest BCUT2D eigenvalue weighted by Gasteiger charge is 2.33. The number of piperazine rings is 1. The van der Waals surface area contributed by atoms with Crippen molar-refractivity contribution in [3.05, 3.63) is 90.1 Å². The van der Waals surface area contributed by atoms with Gasteiger partial charge in [0.25, 0.3) is 5.91 Å². The summed E-state index contributed by atoms with van der Waals surface area (Å²) >= 11 is 0. The Labute approximate surface area is 197 Å². The first kappa shape index (κ1) is 23.7. The van der Waals surface area contributed by atoms with Gasteiger partial charge in [-0.2, -0.15) is 4.31 Å². The van der Waals surface area contributed by atoms with Crippen LogP contribution in [-0.2, 0) is 21.2 Å². The second-order valence-electron chi connectivity index (χ2n) is 7.88. The molecule has 1 aliphatic heterocycles. The fraction of sp³-hybridized carbons (Fsp3) is 0.250.